The monoisotopic (exact) mass is 429 g/mol. The average molecular weight is 430 g/mol. The summed E-state index contributed by atoms with van der Waals surface area (Å²) >= 11 is 1.74. The van der Waals surface area contributed by atoms with E-state index in [1.807, 2.05) is 13.1 Å². The summed E-state index contributed by atoms with van der Waals surface area (Å²) in [6, 6.07) is 6.38. The van der Waals surface area contributed by atoms with Crippen molar-refractivity contribution in [1.29, 1.82) is 0 Å². The predicted octanol–water partition coefficient (Wildman–Crippen LogP) is 6.46. The van der Waals surface area contributed by atoms with Gasteiger partial charge in [0.15, 0.2) is 0 Å². The molecule has 2 N–H and O–H groups in total. The maximum atomic E-state index is 11.2. The molecule has 1 aromatic heterocycles. The van der Waals surface area contributed by atoms with E-state index in [2.05, 4.69) is 61.1 Å². The predicted molar refractivity (Wildman–Crippen MR) is 126 cm³/mol. The van der Waals surface area contributed by atoms with Crippen LogP contribution < -0.4 is 10.2 Å². The Balaban J connectivity index is 1.94. The Hall–Kier alpha value is -2.08. The van der Waals surface area contributed by atoms with E-state index in [-0.39, 0.29) is 12.3 Å². The molecule has 1 unspecified atom stereocenters. The number of hydrogen-bond acceptors (Lipinski definition) is 5. The van der Waals surface area contributed by atoms with E-state index in [0.717, 1.165) is 29.3 Å². The highest BCUT2D eigenvalue weighted by molar-refractivity contribution is 7.15. The number of anilines is 3. The average Bonchev–Trinajstić information content (AvgIpc) is 3.39. The van der Waals surface area contributed by atoms with Gasteiger partial charge in [-0.3, -0.25) is 4.79 Å². The molecule has 164 valence electrons. The number of aliphatic carboxylic acids is 1. The van der Waals surface area contributed by atoms with E-state index >= 15 is 0 Å². The second kappa shape index (κ2) is 9.82. The Morgan fingerprint density at radius 3 is 2.43 bits per heavy atom. The van der Waals surface area contributed by atoms with Crippen LogP contribution in [0.15, 0.2) is 24.4 Å². The number of hydrogen-bond donors (Lipinski definition) is 2. The molecule has 1 aliphatic carbocycles. The molecule has 0 radical (unpaired) electrons. The van der Waals surface area contributed by atoms with Crippen molar-refractivity contribution in [3.63, 3.8) is 0 Å². The van der Waals surface area contributed by atoms with Gasteiger partial charge >= 0.3 is 5.97 Å². The molecule has 1 fully saturated rings. The van der Waals surface area contributed by atoms with Crippen LogP contribution in [-0.4, -0.2) is 29.1 Å². The number of thiazole rings is 1. The first-order valence-corrected chi connectivity index (χ1v) is 11.9. The first-order chi connectivity index (χ1) is 14.2. The zero-order valence-electron chi connectivity index (χ0n) is 18.8. The van der Waals surface area contributed by atoms with E-state index in [1.54, 1.807) is 11.3 Å². The van der Waals surface area contributed by atoms with Crippen molar-refractivity contribution in [3.05, 3.63) is 35.0 Å². The molecule has 1 saturated carbocycles. The Morgan fingerprint density at radius 1 is 1.20 bits per heavy atom. The smallest absolute Gasteiger partial charge is 0.303 e. The Morgan fingerprint density at radius 2 is 1.87 bits per heavy atom. The minimum Gasteiger partial charge on any atom is -0.481 e. The first-order valence-electron chi connectivity index (χ1n) is 11.1. The lowest BCUT2D eigenvalue weighted by atomic mass is 9.96. The van der Waals surface area contributed by atoms with Crippen molar-refractivity contribution in [1.82, 2.24) is 4.98 Å². The largest absolute Gasteiger partial charge is 0.481 e. The van der Waals surface area contributed by atoms with E-state index in [9.17, 15) is 9.90 Å². The third kappa shape index (κ3) is 6.21. The fourth-order valence-electron chi connectivity index (χ4n) is 3.77. The highest BCUT2D eigenvalue weighted by Crippen LogP contribution is 2.44. The highest BCUT2D eigenvalue weighted by Gasteiger charge is 2.27. The van der Waals surface area contributed by atoms with Crippen molar-refractivity contribution >= 4 is 33.7 Å². The minimum absolute atomic E-state index is 0.0377. The van der Waals surface area contributed by atoms with Gasteiger partial charge in [-0.15, -0.1) is 11.3 Å². The number of benzene rings is 1. The number of carboxylic acids is 1. The van der Waals surface area contributed by atoms with Gasteiger partial charge in [0.2, 0.25) is 0 Å². The van der Waals surface area contributed by atoms with Crippen molar-refractivity contribution in [2.45, 2.75) is 65.7 Å². The summed E-state index contributed by atoms with van der Waals surface area (Å²) in [4.78, 5) is 18.3. The molecule has 1 heterocycles. The topological polar surface area (TPSA) is 65.5 Å². The number of aromatic nitrogens is 1. The van der Waals surface area contributed by atoms with Crippen LogP contribution in [0.5, 0.6) is 0 Å². The summed E-state index contributed by atoms with van der Waals surface area (Å²) in [5.74, 6) is 0.938. The van der Waals surface area contributed by atoms with Crippen LogP contribution in [0.25, 0.3) is 0 Å². The number of rotatable bonds is 11. The lowest BCUT2D eigenvalue weighted by molar-refractivity contribution is -0.137. The Labute approximate surface area is 184 Å². The quantitative estimate of drug-likeness (QED) is 0.429. The van der Waals surface area contributed by atoms with Crippen LogP contribution in [0.2, 0.25) is 0 Å². The van der Waals surface area contributed by atoms with Crippen LogP contribution >= 0.6 is 11.3 Å². The summed E-state index contributed by atoms with van der Waals surface area (Å²) in [6.07, 6.45) is 4.56. The molecule has 2 aromatic rings. The number of nitrogens with one attached hydrogen (secondary N) is 1. The van der Waals surface area contributed by atoms with Crippen molar-refractivity contribution in [3.8, 4) is 0 Å². The summed E-state index contributed by atoms with van der Waals surface area (Å²) in [5.41, 5.74) is 3.26. The van der Waals surface area contributed by atoms with Gasteiger partial charge in [-0.25, -0.2) is 4.98 Å². The van der Waals surface area contributed by atoms with Crippen LogP contribution in [0.1, 0.15) is 76.3 Å². The maximum Gasteiger partial charge on any atom is 0.303 e. The third-order valence-electron chi connectivity index (χ3n) is 5.29. The lowest BCUT2D eigenvalue weighted by Gasteiger charge is -2.31. The minimum atomic E-state index is -0.765. The molecule has 1 aliphatic rings. The van der Waals surface area contributed by atoms with Crippen molar-refractivity contribution in [2.75, 3.05) is 23.3 Å². The Kier molecular flexibility index (Phi) is 7.40. The zero-order chi connectivity index (χ0) is 21.8. The fourth-order valence-corrected chi connectivity index (χ4v) is 4.77. The number of nitrogens with zero attached hydrogens (tertiary/aromatic N) is 2. The summed E-state index contributed by atoms with van der Waals surface area (Å²) < 4.78 is 0. The van der Waals surface area contributed by atoms with E-state index in [0.29, 0.717) is 17.8 Å². The molecule has 0 amide bonds. The standard InChI is InChI=1S/C24H35N3O2S/c1-15(2)13-27(14-16(3)4)21-9-8-19(17(5)10-23(28)29)11-20(21)26-22-12-25-24(30-22)18-6-7-18/h8-9,11-12,15-18,26H,6-7,10,13-14H2,1-5H3,(H,28,29). The van der Waals surface area contributed by atoms with Gasteiger partial charge < -0.3 is 15.3 Å². The summed E-state index contributed by atoms with van der Waals surface area (Å²) in [5, 5.41) is 15.1. The van der Waals surface area contributed by atoms with Gasteiger partial charge in [0.05, 0.1) is 29.0 Å². The third-order valence-corrected chi connectivity index (χ3v) is 6.37. The van der Waals surface area contributed by atoms with Gasteiger partial charge in [0, 0.05) is 19.0 Å². The van der Waals surface area contributed by atoms with Crippen molar-refractivity contribution < 1.29 is 9.90 Å². The van der Waals surface area contributed by atoms with Gasteiger partial charge in [-0.05, 0) is 48.3 Å². The molecule has 0 bridgehead atoms. The zero-order valence-corrected chi connectivity index (χ0v) is 19.6. The maximum absolute atomic E-state index is 11.2. The molecule has 1 atom stereocenters. The molecule has 0 aliphatic heterocycles. The van der Waals surface area contributed by atoms with E-state index < -0.39 is 5.97 Å². The van der Waals surface area contributed by atoms with Crippen LogP contribution in [0.3, 0.4) is 0 Å². The Bertz CT molecular complexity index is 848. The fraction of sp³-hybridized carbons (Fsp3) is 0.583. The van der Waals surface area contributed by atoms with Gasteiger partial charge in [0.25, 0.3) is 0 Å². The molecule has 6 heteroatoms. The van der Waals surface area contributed by atoms with Crippen LogP contribution in [-0.2, 0) is 4.79 Å². The van der Waals surface area contributed by atoms with Crippen molar-refractivity contribution in [2.24, 2.45) is 11.8 Å². The molecule has 3 rings (SSSR count). The highest BCUT2D eigenvalue weighted by atomic mass is 32.1. The van der Waals surface area contributed by atoms with Crippen LogP contribution in [0, 0.1) is 11.8 Å². The normalized spacial score (nSPS) is 14.9. The second-order valence-corrected chi connectivity index (χ2v) is 10.5. The van der Waals surface area contributed by atoms with Gasteiger partial charge in [-0.1, -0.05) is 40.7 Å². The van der Waals surface area contributed by atoms with Crippen LogP contribution in [0.4, 0.5) is 16.4 Å². The molecular formula is C24H35N3O2S. The first kappa shape index (κ1) is 22.6. The van der Waals surface area contributed by atoms with Gasteiger partial charge in [-0.2, -0.15) is 0 Å². The summed E-state index contributed by atoms with van der Waals surface area (Å²) in [6.45, 7) is 12.9. The molecule has 0 saturated heterocycles. The number of carbonyl (C=O) groups is 1. The molecule has 5 nitrogen and oxygen atoms in total. The molecular weight excluding hydrogens is 394 g/mol. The SMILES string of the molecule is CC(C)CN(CC(C)C)c1ccc(C(C)CC(=O)O)cc1Nc1cnc(C2CC2)s1. The molecule has 1 aromatic carbocycles. The summed E-state index contributed by atoms with van der Waals surface area (Å²) in [7, 11) is 0. The number of carboxylic acid groups (broad SMARTS) is 1. The van der Waals surface area contributed by atoms with E-state index in [1.165, 1.54) is 23.5 Å². The molecule has 0 spiro atoms. The lowest BCUT2D eigenvalue weighted by Crippen LogP contribution is -2.31. The molecule has 30 heavy (non-hydrogen) atoms. The van der Waals surface area contributed by atoms with E-state index in [4.69, 9.17) is 0 Å². The van der Waals surface area contributed by atoms with Gasteiger partial charge in [0.1, 0.15) is 5.00 Å². The second-order valence-electron chi connectivity index (χ2n) is 9.43.